The second kappa shape index (κ2) is 6.99. The maximum Gasteiger partial charge on any atom is 0.269 e. The quantitative estimate of drug-likeness (QED) is 0.508. The number of hydrogen-bond donors (Lipinski definition) is 1. The smallest absolute Gasteiger partial charge is 0.269 e. The van der Waals surface area contributed by atoms with Gasteiger partial charge in [-0.1, -0.05) is 0 Å². The molecule has 1 saturated heterocycles. The minimum absolute atomic E-state index is 0.00745. The zero-order valence-electron chi connectivity index (χ0n) is 12.0. The molecule has 0 bridgehead atoms. The van der Waals surface area contributed by atoms with E-state index in [2.05, 4.69) is 5.32 Å². The number of carbonyl (C=O) groups excluding carboxylic acids is 1. The Hall–Kier alpha value is -2.21. The van der Waals surface area contributed by atoms with E-state index in [0.29, 0.717) is 5.92 Å². The first-order chi connectivity index (χ1) is 10.1. The van der Waals surface area contributed by atoms with E-state index in [4.69, 9.17) is 0 Å². The molecular weight excluding hydrogens is 270 g/mol. The number of hydrogen-bond acceptors (Lipinski definition) is 4. The number of nitro benzene ring substituents is 1. The van der Waals surface area contributed by atoms with Crippen molar-refractivity contribution >= 4 is 17.7 Å². The van der Waals surface area contributed by atoms with Crippen molar-refractivity contribution < 1.29 is 9.72 Å². The van der Waals surface area contributed by atoms with Crippen LogP contribution in [-0.4, -0.2) is 42.4 Å². The lowest BCUT2D eigenvalue weighted by Crippen LogP contribution is -2.28. The third kappa shape index (κ3) is 4.13. The van der Waals surface area contributed by atoms with Gasteiger partial charge in [-0.2, -0.15) is 0 Å². The van der Waals surface area contributed by atoms with E-state index in [1.165, 1.54) is 18.2 Å². The summed E-state index contributed by atoms with van der Waals surface area (Å²) in [6, 6.07) is 6.14. The Bertz CT molecular complexity index is 540. The molecule has 2 rings (SSSR count). The Morgan fingerprint density at radius 1 is 1.48 bits per heavy atom. The molecule has 1 aromatic rings. The van der Waals surface area contributed by atoms with E-state index in [1.807, 2.05) is 11.9 Å². The summed E-state index contributed by atoms with van der Waals surface area (Å²) < 4.78 is 0. The molecule has 1 aromatic carbocycles. The second-order valence-corrected chi connectivity index (χ2v) is 5.18. The summed E-state index contributed by atoms with van der Waals surface area (Å²) >= 11 is 0. The highest BCUT2D eigenvalue weighted by molar-refractivity contribution is 5.92. The van der Waals surface area contributed by atoms with Gasteiger partial charge >= 0.3 is 0 Å². The van der Waals surface area contributed by atoms with E-state index in [-0.39, 0.29) is 11.6 Å². The Morgan fingerprint density at radius 2 is 2.19 bits per heavy atom. The van der Waals surface area contributed by atoms with Crippen LogP contribution >= 0.6 is 0 Å². The topological polar surface area (TPSA) is 75.5 Å². The van der Waals surface area contributed by atoms with Crippen molar-refractivity contribution in [3.63, 3.8) is 0 Å². The van der Waals surface area contributed by atoms with Crippen molar-refractivity contribution in [2.24, 2.45) is 5.92 Å². The summed E-state index contributed by atoms with van der Waals surface area (Å²) in [5.74, 6) is 0.513. The predicted octanol–water partition coefficient (Wildman–Crippen LogP) is 1.68. The van der Waals surface area contributed by atoms with Gasteiger partial charge in [-0.3, -0.25) is 14.9 Å². The molecule has 0 aliphatic carbocycles. The van der Waals surface area contributed by atoms with Gasteiger partial charge in [-0.05, 0) is 49.7 Å². The standard InChI is InChI=1S/C15H19N3O3/c1-16-10-13-8-9-17(11-13)15(19)7-4-12-2-5-14(6-3-12)18(20)21/h2-7,13,16H,8-11H2,1H3. The molecule has 1 atom stereocenters. The second-order valence-electron chi connectivity index (χ2n) is 5.18. The lowest BCUT2D eigenvalue weighted by Gasteiger charge is -2.14. The van der Waals surface area contributed by atoms with Crippen molar-refractivity contribution in [3.8, 4) is 0 Å². The summed E-state index contributed by atoms with van der Waals surface area (Å²) in [4.78, 5) is 24.0. The molecule has 1 aliphatic heterocycles. The van der Waals surface area contributed by atoms with Gasteiger partial charge in [0.1, 0.15) is 0 Å². The molecule has 1 amide bonds. The maximum atomic E-state index is 12.1. The normalized spacial score (nSPS) is 18.3. The number of benzene rings is 1. The van der Waals surface area contributed by atoms with Gasteiger partial charge in [0.15, 0.2) is 0 Å². The number of amides is 1. The monoisotopic (exact) mass is 289 g/mol. The van der Waals surface area contributed by atoms with E-state index < -0.39 is 4.92 Å². The van der Waals surface area contributed by atoms with Crippen LogP contribution in [0.4, 0.5) is 5.69 Å². The molecule has 0 aromatic heterocycles. The molecule has 1 unspecified atom stereocenters. The number of likely N-dealkylation sites (tertiary alicyclic amines) is 1. The van der Waals surface area contributed by atoms with E-state index >= 15 is 0 Å². The summed E-state index contributed by atoms with van der Waals surface area (Å²) in [5, 5.41) is 13.7. The zero-order valence-corrected chi connectivity index (χ0v) is 12.0. The zero-order chi connectivity index (χ0) is 15.2. The van der Waals surface area contributed by atoms with Crippen molar-refractivity contribution in [3.05, 3.63) is 46.0 Å². The van der Waals surface area contributed by atoms with Crippen LogP contribution in [0.2, 0.25) is 0 Å². The Morgan fingerprint density at radius 3 is 2.81 bits per heavy atom. The summed E-state index contributed by atoms with van der Waals surface area (Å²) in [5.41, 5.74) is 0.827. The number of rotatable bonds is 5. The van der Waals surface area contributed by atoms with Crippen molar-refractivity contribution in [2.75, 3.05) is 26.7 Å². The number of non-ortho nitro benzene ring substituents is 1. The molecule has 6 nitrogen and oxygen atoms in total. The Labute approximate surface area is 123 Å². The SMILES string of the molecule is CNCC1CCN(C(=O)C=Cc2ccc([N+](=O)[O-])cc2)C1. The molecule has 112 valence electrons. The van der Waals surface area contributed by atoms with Crippen LogP contribution in [0.15, 0.2) is 30.3 Å². The van der Waals surface area contributed by atoms with Crippen molar-refractivity contribution in [2.45, 2.75) is 6.42 Å². The lowest BCUT2D eigenvalue weighted by atomic mass is 10.1. The van der Waals surface area contributed by atoms with Gasteiger partial charge in [0.2, 0.25) is 5.91 Å². The van der Waals surface area contributed by atoms with Gasteiger partial charge in [-0.15, -0.1) is 0 Å². The Kier molecular flexibility index (Phi) is 5.05. The van der Waals surface area contributed by atoms with Crippen LogP contribution in [0.1, 0.15) is 12.0 Å². The first kappa shape index (κ1) is 15.2. The van der Waals surface area contributed by atoms with Crippen LogP contribution in [0.5, 0.6) is 0 Å². The highest BCUT2D eigenvalue weighted by atomic mass is 16.6. The van der Waals surface area contributed by atoms with Crippen LogP contribution in [0.25, 0.3) is 6.08 Å². The molecule has 1 N–H and O–H groups in total. The molecule has 1 fully saturated rings. The van der Waals surface area contributed by atoms with Gasteiger partial charge in [0, 0.05) is 31.3 Å². The van der Waals surface area contributed by atoms with Gasteiger partial charge < -0.3 is 10.2 Å². The molecule has 0 saturated carbocycles. The molecule has 1 heterocycles. The van der Waals surface area contributed by atoms with Crippen LogP contribution in [-0.2, 0) is 4.79 Å². The van der Waals surface area contributed by atoms with Gasteiger partial charge in [0.25, 0.3) is 5.69 Å². The fraction of sp³-hybridized carbons (Fsp3) is 0.400. The fourth-order valence-corrected chi connectivity index (χ4v) is 2.47. The number of carbonyl (C=O) groups is 1. The number of nitrogens with zero attached hydrogens (tertiary/aromatic N) is 2. The number of nitrogens with one attached hydrogen (secondary N) is 1. The average molecular weight is 289 g/mol. The van der Waals surface area contributed by atoms with Crippen LogP contribution in [0.3, 0.4) is 0 Å². The maximum absolute atomic E-state index is 12.1. The van der Waals surface area contributed by atoms with Gasteiger partial charge in [0.05, 0.1) is 4.92 Å². The first-order valence-electron chi connectivity index (χ1n) is 6.96. The van der Waals surface area contributed by atoms with Crippen LogP contribution < -0.4 is 5.32 Å². The average Bonchev–Trinajstić information content (AvgIpc) is 2.94. The van der Waals surface area contributed by atoms with Crippen LogP contribution in [0, 0.1) is 16.0 Å². The molecule has 1 aliphatic rings. The van der Waals surface area contributed by atoms with E-state index in [0.717, 1.165) is 31.6 Å². The van der Waals surface area contributed by atoms with Gasteiger partial charge in [-0.25, -0.2) is 0 Å². The molecule has 0 spiro atoms. The Balaban J connectivity index is 1.91. The number of nitro groups is 1. The third-order valence-corrected chi connectivity index (χ3v) is 3.61. The minimum Gasteiger partial charge on any atom is -0.339 e. The predicted molar refractivity (Wildman–Crippen MR) is 80.7 cm³/mol. The van der Waals surface area contributed by atoms with E-state index in [9.17, 15) is 14.9 Å². The highest BCUT2D eigenvalue weighted by Crippen LogP contribution is 2.16. The fourth-order valence-electron chi connectivity index (χ4n) is 2.47. The third-order valence-electron chi connectivity index (χ3n) is 3.61. The first-order valence-corrected chi connectivity index (χ1v) is 6.96. The minimum atomic E-state index is -0.440. The van der Waals surface area contributed by atoms with E-state index in [1.54, 1.807) is 18.2 Å². The largest absolute Gasteiger partial charge is 0.339 e. The summed E-state index contributed by atoms with van der Waals surface area (Å²) in [7, 11) is 1.92. The molecule has 0 radical (unpaired) electrons. The molecule has 6 heteroatoms. The van der Waals surface area contributed by atoms with Crippen molar-refractivity contribution in [1.82, 2.24) is 10.2 Å². The lowest BCUT2D eigenvalue weighted by molar-refractivity contribution is -0.384. The molecule has 21 heavy (non-hydrogen) atoms. The summed E-state index contributed by atoms with van der Waals surface area (Å²) in [6.07, 6.45) is 4.25. The molecular formula is C15H19N3O3. The highest BCUT2D eigenvalue weighted by Gasteiger charge is 2.24. The summed E-state index contributed by atoms with van der Waals surface area (Å²) in [6.45, 7) is 2.50. The van der Waals surface area contributed by atoms with Crippen molar-refractivity contribution in [1.29, 1.82) is 0 Å².